The lowest BCUT2D eigenvalue weighted by Crippen LogP contribution is -2.44. The van der Waals surface area contributed by atoms with Crippen LogP contribution in [0.3, 0.4) is 0 Å². The van der Waals surface area contributed by atoms with Crippen LogP contribution >= 0.6 is 11.6 Å². The average Bonchev–Trinajstić information content (AvgIpc) is 2.66. The second-order valence-electron chi connectivity index (χ2n) is 4.09. The third-order valence-corrected chi connectivity index (χ3v) is 3.35. The third kappa shape index (κ3) is 2.32. The smallest absolute Gasteiger partial charge is 0.282 e. The first-order valence-electron chi connectivity index (χ1n) is 5.43. The van der Waals surface area contributed by atoms with Crippen LogP contribution in [-0.4, -0.2) is 40.3 Å². The number of halogens is 1. The molecule has 2 heterocycles. The Morgan fingerprint density at radius 1 is 1.61 bits per heavy atom. The molecule has 98 valence electrons. The van der Waals surface area contributed by atoms with Gasteiger partial charge in [-0.25, -0.2) is 0 Å². The van der Waals surface area contributed by atoms with Gasteiger partial charge in [0.25, 0.3) is 12.1 Å². The second kappa shape index (κ2) is 5.19. The Balaban J connectivity index is 2.27. The van der Waals surface area contributed by atoms with Crippen molar-refractivity contribution in [2.45, 2.75) is 23.8 Å². The monoisotopic (exact) mass is 273 g/mol. The van der Waals surface area contributed by atoms with E-state index >= 15 is 0 Å². The number of hydrogen-bond donors (Lipinski definition) is 3. The fourth-order valence-corrected chi connectivity index (χ4v) is 2.24. The number of nitrogens with two attached hydrogens (primary N) is 1. The Morgan fingerprint density at radius 2 is 2.33 bits per heavy atom. The van der Waals surface area contributed by atoms with E-state index in [4.69, 9.17) is 27.2 Å². The lowest BCUT2D eigenvalue weighted by Gasteiger charge is -2.09. The van der Waals surface area contributed by atoms with Gasteiger partial charge >= 0.3 is 0 Å². The number of pyridine rings is 1. The first kappa shape index (κ1) is 13.2. The quantitative estimate of drug-likeness (QED) is 0.483. The molecule has 0 saturated carbocycles. The lowest BCUT2D eigenvalue weighted by atomic mass is 10.2. The number of rotatable bonds is 3. The second-order valence-corrected chi connectivity index (χ2v) is 4.59. The van der Waals surface area contributed by atoms with Crippen molar-refractivity contribution in [1.82, 2.24) is 0 Å². The SMILES string of the molecule is NC(=O)c1ccc[n+]([C@@H]2O[C@H](CO)C(O)C2Cl)c1. The molecule has 1 aliphatic heterocycles. The van der Waals surface area contributed by atoms with Crippen molar-refractivity contribution >= 4 is 17.5 Å². The molecule has 2 rings (SSSR count). The molecule has 1 saturated heterocycles. The summed E-state index contributed by atoms with van der Waals surface area (Å²) in [7, 11) is 0. The number of aliphatic hydroxyl groups excluding tert-OH is 2. The van der Waals surface area contributed by atoms with Crippen LogP contribution in [0.25, 0.3) is 0 Å². The van der Waals surface area contributed by atoms with Crippen molar-refractivity contribution in [2.75, 3.05) is 6.61 Å². The lowest BCUT2D eigenvalue weighted by molar-refractivity contribution is -0.758. The molecule has 4 atom stereocenters. The van der Waals surface area contributed by atoms with E-state index in [9.17, 15) is 9.90 Å². The third-order valence-electron chi connectivity index (χ3n) is 2.87. The van der Waals surface area contributed by atoms with Gasteiger partial charge in [-0.3, -0.25) is 4.79 Å². The summed E-state index contributed by atoms with van der Waals surface area (Å²) < 4.78 is 6.99. The highest BCUT2D eigenvalue weighted by atomic mass is 35.5. The van der Waals surface area contributed by atoms with Gasteiger partial charge in [-0.2, -0.15) is 4.57 Å². The zero-order chi connectivity index (χ0) is 13.3. The minimum Gasteiger partial charge on any atom is -0.394 e. The van der Waals surface area contributed by atoms with Gasteiger partial charge in [0.2, 0.25) is 0 Å². The summed E-state index contributed by atoms with van der Waals surface area (Å²) in [6.07, 6.45) is 0.792. The molecule has 4 N–H and O–H groups in total. The van der Waals surface area contributed by atoms with E-state index < -0.39 is 29.7 Å². The van der Waals surface area contributed by atoms with Crippen molar-refractivity contribution in [1.29, 1.82) is 0 Å². The van der Waals surface area contributed by atoms with Gasteiger partial charge in [-0.05, 0) is 6.07 Å². The number of amides is 1. The first-order chi connectivity index (χ1) is 8.54. The van der Waals surface area contributed by atoms with Gasteiger partial charge in [0.1, 0.15) is 17.8 Å². The number of nitrogens with zero attached hydrogens (tertiary/aromatic N) is 1. The summed E-state index contributed by atoms with van der Waals surface area (Å²) in [6.45, 7) is -0.322. The predicted octanol–water partition coefficient (Wildman–Crippen LogP) is -1.07. The molecule has 1 aliphatic rings. The number of aliphatic hydroxyl groups is 2. The summed E-state index contributed by atoms with van der Waals surface area (Å²) in [5.74, 6) is -0.562. The summed E-state index contributed by atoms with van der Waals surface area (Å²) in [5.41, 5.74) is 5.49. The molecule has 0 bridgehead atoms. The Morgan fingerprint density at radius 3 is 2.89 bits per heavy atom. The molecule has 7 heteroatoms. The number of carbonyl (C=O) groups is 1. The highest BCUT2D eigenvalue weighted by molar-refractivity contribution is 6.21. The normalized spacial score (nSPS) is 31.5. The predicted molar refractivity (Wildman–Crippen MR) is 61.8 cm³/mol. The van der Waals surface area contributed by atoms with Crippen molar-refractivity contribution in [2.24, 2.45) is 5.73 Å². The summed E-state index contributed by atoms with van der Waals surface area (Å²) in [5, 5.41) is 18.1. The van der Waals surface area contributed by atoms with Crippen LogP contribution in [0.4, 0.5) is 0 Å². The molecule has 1 aromatic rings. The molecular weight excluding hydrogens is 260 g/mol. The largest absolute Gasteiger partial charge is 0.394 e. The maximum atomic E-state index is 11.1. The van der Waals surface area contributed by atoms with Crippen molar-refractivity contribution in [3.63, 3.8) is 0 Å². The molecule has 0 aliphatic carbocycles. The summed E-state index contributed by atoms with van der Waals surface area (Å²) in [6, 6.07) is 3.20. The van der Waals surface area contributed by atoms with E-state index in [0.29, 0.717) is 5.56 Å². The van der Waals surface area contributed by atoms with Gasteiger partial charge in [-0.1, -0.05) is 0 Å². The average molecular weight is 274 g/mol. The zero-order valence-corrected chi connectivity index (χ0v) is 10.2. The minimum atomic E-state index is -0.966. The van der Waals surface area contributed by atoms with Gasteiger partial charge in [0, 0.05) is 6.07 Å². The molecule has 0 radical (unpaired) electrons. The van der Waals surface area contributed by atoms with E-state index in [1.54, 1.807) is 22.9 Å². The van der Waals surface area contributed by atoms with Gasteiger partial charge in [-0.15, -0.1) is 11.6 Å². The van der Waals surface area contributed by atoms with Crippen molar-refractivity contribution < 1.29 is 24.3 Å². The number of carbonyl (C=O) groups excluding carboxylic acids is 1. The van der Waals surface area contributed by atoms with Gasteiger partial charge < -0.3 is 20.7 Å². The summed E-state index contributed by atoms with van der Waals surface area (Å²) in [4.78, 5) is 11.1. The molecule has 2 unspecified atom stereocenters. The van der Waals surface area contributed by atoms with Crippen molar-refractivity contribution in [3.8, 4) is 0 Å². The fraction of sp³-hybridized carbons (Fsp3) is 0.455. The Bertz CT molecular complexity index is 456. The van der Waals surface area contributed by atoms with Gasteiger partial charge in [0.05, 0.1) is 6.61 Å². The Kier molecular flexibility index (Phi) is 3.82. The van der Waals surface area contributed by atoms with E-state index in [0.717, 1.165) is 0 Å². The summed E-state index contributed by atoms with van der Waals surface area (Å²) >= 11 is 6.05. The maximum Gasteiger partial charge on any atom is 0.282 e. The van der Waals surface area contributed by atoms with E-state index in [2.05, 4.69) is 0 Å². The topological polar surface area (TPSA) is 96.7 Å². The number of primary amides is 1. The van der Waals surface area contributed by atoms with Crippen LogP contribution in [0.2, 0.25) is 0 Å². The Hall–Kier alpha value is -1.21. The van der Waals surface area contributed by atoms with E-state index in [1.165, 1.54) is 6.20 Å². The number of alkyl halides is 1. The molecule has 1 aromatic heterocycles. The molecule has 1 fully saturated rings. The van der Waals surface area contributed by atoms with Gasteiger partial charge in [0.15, 0.2) is 17.8 Å². The zero-order valence-electron chi connectivity index (χ0n) is 9.44. The number of hydrogen-bond acceptors (Lipinski definition) is 4. The minimum absolute atomic E-state index is 0.312. The maximum absolute atomic E-state index is 11.1. The van der Waals surface area contributed by atoms with Crippen LogP contribution in [0.1, 0.15) is 16.6 Å². The molecular formula is C11H14ClN2O4+. The standard InChI is InChI=1S/C11H13ClN2O4/c12-8-9(16)7(5-15)18-11(8)14-3-1-2-6(4-14)10(13)17/h1-4,7-9,11,15-16H,5H2,(H-,13,17)/p+1/t7-,8?,9?,11-/m1/s1. The van der Waals surface area contributed by atoms with Crippen molar-refractivity contribution in [3.05, 3.63) is 30.1 Å². The Labute approximate surface area is 109 Å². The van der Waals surface area contributed by atoms with Crippen LogP contribution in [0.15, 0.2) is 24.5 Å². The molecule has 1 amide bonds. The molecule has 0 spiro atoms. The van der Waals surface area contributed by atoms with Crippen LogP contribution in [-0.2, 0) is 4.74 Å². The molecule has 0 aromatic carbocycles. The van der Waals surface area contributed by atoms with E-state index in [1.807, 2.05) is 0 Å². The van der Waals surface area contributed by atoms with E-state index in [-0.39, 0.29) is 6.61 Å². The number of aromatic nitrogens is 1. The first-order valence-corrected chi connectivity index (χ1v) is 5.87. The highest BCUT2D eigenvalue weighted by Gasteiger charge is 2.47. The highest BCUT2D eigenvalue weighted by Crippen LogP contribution is 2.29. The number of ether oxygens (including phenoxy) is 1. The van der Waals surface area contributed by atoms with Crippen LogP contribution in [0, 0.1) is 0 Å². The fourth-order valence-electron chi connectivity index (χ4n) is 1.89. The molecule has 18 heavy (non-hydrogen) atoms. The van der Waals surface area contributed by atoms with Crippen LogP contribution in [0.5, 0.6) is 0 Å². The van der Waals surface area contributed by atoms with Crippen LogP contribution < -0.4 is 10.3 Å². The molecule has 6 nitrogen and oxygen atoms in total.